The van der Waals surface area contributed by atoms with Crippen molar-refractivity contribution in [1.82, 2.24) is 10.9 Å². The van der Waals surface area contributed by atoms with Crippen LogP contribution in [0.5, 0.6) is 0 Å². The van der Waals surface area contributed by atoms with Crippen LogP contribution in [0.15, 0.2) is 66.7 Å². The summed E-state index contributed by atoms with van der Waals surface area (Å²) < 4.78 is 0. The molecule has 2 atom stereocenters. The smallest absolute Gasteiger partial charge is 0.242 e. The number of carbonyl (C=O) groups excluding carboxylic acids is 1. The SMILES string of the molecule is CC(C)c1ccc(NC(=O)C2CC(c3cccc4ccccc34)NN2)cc1. The third kappa shape index (κ3) is 3.72. The van der Waals surface area contributed by atoms with Crippen molar-refractivity contribution in [3.8, 4) is 0 Å². The van der Waals surface area contributed by atoms with Crippen molar-refractivity contribution in [2.45, 2.75) is 38.3 Å². The van der Waals surface area contributed by atoms with Gasteiger partial charge in [-0.25, -0.2) is 10.9 Å². The number of fused-ring (bicyclic) bond motifs is 1. The molecule has 0 spiro atoms. The number of hydrogen-bond donors (Lipinski definition) is 3. The molecule has 138 valence electrons. The van der Waals surface area contributed by atoms with Gasteiger partial charge in [-0.05, 0) is 46.4 Å². The molecule has 3 N–H and O–H groups in total. The lowest BCUT2D eigenvalue weighted by atomic mass is 9.96. The number of hydrogen-bond acceptors (Lipinski definition) is 3. The van der Waals surface area contributed by atoms with Gasteiger partial charge >= 0.3 is 0 Å². The van der Waals surface area contributed by atoms with Gasteiger partial charge in [-0.15, -0.1) is 0 Å². The van der Waals surface area contributed by atoms with E-state index in [0.29, 0.717) is 12.3 Å². The van der Waals surface area contributed by atoms with Crippen LogP contribution in [0.1, 0.15) is 43.4 Å². The zero-order valence-corrected chi connectivity index (χ0v) is 15.7. The van der Waals surface area contributed by atoms with Crippen LogP contribution in [-0.2, 0) is 4.79 Å². The number of amides is 1. The van der Waals surface area contributed by atoms with Gasteiger partial charge in [0.2, 0.25) is 5.91 Å². The molecule has 2 unspecified atom stereocenters. The van der Waals surface area contributed by atoms with Gasteiger partial charge < -0.3 is 5.32 Å². The molecule has 1 amide bonds. The second kappa shape index (κ2) is 7.51. The normalized spacial score (nSPS) is 19.5. The first-order valence-corrected chi connectivity index (χ1v) is 9.51. The van der Waals surface area contributed by atoms with Crippen molar-refractivity contribution in [2.75, 3.05) is 5.32 Å². The quantitative estimate of drug-likeness (QED) is 0.642. The molecular formula is C23H25N3O. The third-order valence-corrected chi connectivity index (χ3v) is 5.26. The molecule has 1 aliphatic rings. The first-order chi connectivity index (χ1) is 13.1. The first-order valence-electron chi connectivity index (χ1n) is 9.51. The number of nitrogens with one attached hydrogen (secondary N) is 3. The summed E-state index contributed by atoms with van der Waals surface area (Å²) in [5.74, 6) is 0.472. The second-order valence-corrected chi connectivity index (χ2v) is 7.46. The molecule has 27 heavy (non-hydrogen) atoms. The summed E-state index contributed by atoms with van der Waals surface area (Å²) >= 11 is 0. The van der Waals surface area contributed by atoms with E-state index in [1.54, 1.807) is 0 Å². The Morgan fingerprint density at radius 2 is 1.70 bits per heavy atom. The Bertz CT molecular complexity index is 944. The molecular weight excluding hydrogens is 334 g/mol. The largest absolute Gasteiger partial charge is 0.325 e. The van der Waals surface area contributed by atoms with Crippen LogP contribution >= 0.6 is 0 Å². The van der Waals surface area contributed by atoms with Gasteiger partial charge in [0.05, 0.1) is 0 Å². The third-order valence-electron chi connectivity index (χ3n) is 5.26. The molecule has 1 aliphatic heterocycles. The average Bonchev–Trinajstić information content (AvgIpc) is 3.18. The maximum absolute atomic E-state index is 12.7. The van der Waals surface area contributed by atoms with E-state index in [4.69, 9.17) is 0 Å². The fourth-order valence-electron chi connectivity index (χ4n) is 3.67. The fourth-order valence-corrected chi connectivity index (χ4v) is 3.67. The van der Waals surface area contributed by atoms with Gasteiger partial charge in [0, 0.05) is 11.7 Å². The summed E-state index contributed by atoms with van der Waals surface area (Å²) in [5.41, 5.74) is 9.77. The monoisotopic (exact) mass is 359 g/mol. The lowest BCUT2D eigenvalue weighted by Crippen LogP contribution is -2.39. The maximum atomic E-state index is 12.7. The van der Waals surface area contributed by atoms with Crippen LogP contribution in [0.3, 0.4) is 0 Å². The predicted molar refractivity (Wildman–Crippen MR) is 111 cm³/mol. The molecule has 3 aromatic rings. The molecule has 1 heterocycles. The summed E-state index contributed by atoms with van der Waals surface area (Å²) in [6.45, 7) is 4.32. The standard InChI is InChI=1S/C23H25N3O/c1-15(2)16-10-12-18(13-11-16)24-23(27)22-14-21(25-26-22)20-9-5-7-17-6-3-4-8-19(17)20/h3-13,15,21-22,25-26H,14H2,1-2H3,(H,24,27). The molecule has 0 bridgehead atoms. The minimum atomic E-state index is -0.265. The molecule has 1 fully saturated rings. The Morgan fingerprint density at radius 1 is 0.963 bits per heavy atom. The molecule has 4 heteroatoms. The van der Waals surface area contributed by atoms with Crippen LogP contribution in [0.4, 0.5) is 5.69 Å². The zero-order chi connectivity index (χ0) is 18.8. The lowest BCUT2D eigenvalue weighted by Gasteiger charge is -2.13. The topological polar surface area (TPSA) is 53.2 Å². The Morgan fingerprint density at radius 3 is 2.48 bits per heavy atom. The van der Waals surface area contributed by atoms with E-state index in [1.165, 1.54) is 21.9 Å². The zero-order valence-electron chi connectivity index (χ0n) is 15.7. The van der Waals surface area contributed by atoms with Gasteiger partial charge in [-0.1, -0.05) is 68.4 Å². The van der Waals surface area contributed by atoms with Crippen LogP contribution in [0, 0.1) is 0 Å². The van der Waals surface area contributed by atoms with Gasteiger partial charge in [0.15, 0.2) is 0 Å². The highest BCUT2D eigenvalue weighted by atomic mass is 16.2. The Kier molecular flexibility index (Phi) is 4.92. The summed E-state index contributed by atoms with van der Waals surface area (Å²) in [4.78, 5) is 12.7. The first kappa shape index (κ1) is 17.7. The molecule has 0 aliphatic carbocycles. The van der Waals surface area contributed by atoms with Crippen molar-refractivity contribution >= 4 is 22.4 Å². The van der Waals surface area contributed by atoms with Gasteiger partial charge in [0.1, 0.15) is 6.04 Å². The Hall–Kier alpha value is -2.69. The number of benzene rings is 3. The van der Waals surface area contributed by atoms with E-state index in [0.717, 1.165) is 5.69 Å². The van der Waals surface area contributed by atoms with E-state index in [9.17, 15) is 4.79 Å². The summed E-state index contributed by atoms with van der Waals surface area (Å²) in [6, 6.07) is 22.6. The van der Waals surface area contributed by atoms with Crippen molar-refractivity contribution in [1.29, 1.82) is 0 Å². The molecule has 4 rings (SSSR count). The maximum Gasteiger partial charge on any atom is 0.242 e. The van der Waals surface area contributed by atoms with Crippen LogP contribution < -0.4 is 16.2 Å². The minimum absolute atomic E-state index is 0.0115. The van der Waals surface area contributed by atoms with Gasteiger partial charge in [0.25, 0.3) is 0 Å². The van der Waals surface area contributed by atoms with E-state index >= 15 is 0 Å². The lowest BCUT2D eigenvalue weighted by molar-refractivity contribution is -0.117. The Labute approximate surface area is 160 Å². The Balaban J connectivity index is 1.45. The van der Waals surface area contributed by atoms with Gasteiger partial charge in [-0.2, -0.15) is 0 Å². The van der Waals surface area contributed by atoms with Gasteiger partial charge in [-0.3, -0.25) is 4.79 Å². The van der Waals surface area contributed by atoms with E-state index in [2.05, 4.69) is 78.5 Å². The van der Waals surface area contributed by atoms with Crippen molar-refractivity contribution in [2.24, 2.45) is 0 Å². The fraction of sp³-hybridized carbons (Fsp3) is 0.261. The highest BCUT2D eigenvalue weighted by Gasteiger charge is 2.30. The highest BCUT2D eigenvalue weighted by molar-refractivity contribution is 5.95. The number of rotatable bonds is 4. The van der Waals surface area contributed by atoms with Crippen LogP contribution in [0.2, 0.25) is 0 Å². The molecule has 0 radical (unpaired) electrons. The molecule has 1 saturated heterocycles. The van der Waals surface area contributed by atoms with Crippen LogP contribution in [0.25, 0.3) is 10.8 Å². The minimum Gasteiger partial charge on any atom is -0.325 e. The molecule has 0 saturated carbocycles. The average molecular weight is 359 g/mol. The van der Waals surface area contributed by atoms with Crippen LogP contribution in [-0.4, -0.2) is 11.9 Å². The summed E-state index contributed by atoms with van der Waals surface area (Å²) in [5, 5.41) is 5.46. The molecule has 4 nitrogen and oxygen atoms in total. The van der Waals surface area contributed by atoms with E-state index in [-0.39, 0.29) is 18.0 Å². The van der Waals surface area contributed by atoms with E-state index < -0.39 is 0 Å². The van der Waals surface area contributed by atoms with Crippen molar-refractivity contribution in [3.63, 3.8) is 0 Å². The predicted octanol–water partition coefficient (Wildman–Crippen LogP) is 4.51. The number of carbonyl (C=O) groups is 1. The summed E-state index contributed by atoms with van der Waals surface area (Å²) in [7, 11) is 0. The summed E-state index contributed by atoms with van der Waals surface area (Å²) in [6.07, 6.45) is 0.712. The molecule has 0 aromatic heterocycles. The highest BCUT2D eigenvalue weighted by Crippen LogP contribution is 2.29. The number of hydrazine groups is 1. The number of anilines is 1. The molecule has 3 aromatic carbocycles. The second-order valence-electron chi connectivity index (χ2n) is 7.46. The van der Waals surface area contributed by atoms with Crippen molar-refractivity contribution in [3.05, 3.63) is 77.9 Å². The van der Waals surface area contributed by atoms with E-state index in [1.807, 2.05) is 18.2 Å². The van der Waals surface area contributed by atoms with Crippen molar-refractivity contribution < 1.29 is 4.79 Å².